The summed E-state index contributed by atoms with van der Waals surface area (Å²) in [4.78, 5) is 23.8. The fourth-order valence-corrected chi connectivity index (χ4v) is 2.08. The second-order valence-corrected chi connectivity index (χ2v) is 5.72. The summed E-state index contributed by atoms with van der Waals surface area (Å²) >= 11 is 5.90. The van der Waals surface area contributed by atoms with Gasteiger partial charge in [0.1, 0.15) is 6.23 Å². The van der Waals surface area contributed by atoms with Gasteiger partial charge in [0.15, 0.2) is 0 Å². The Labute approximate surface area is 140 Å². The van der Waals surface area contributed by atoms with Gasteiger partial charge >= 0.3 is 7.32 Å². The predicted octanol–water partition coefficient (Wildman–Crippen LogP) is 0.544. The lowest BCUT2D eigenvalue weighted by atomic mass is 10.1. The fourth-order valence-electron chi connectivity index (χ4n) is 1.86. The molecular formula is C14H20BClN2O5. The van der Waals surface area contributed by atoms with Gasteiger partial charge in [0, 0.05) is 0 Å². The van der Waals surface area contributed by atoms with Crippen LogP contribution in [0.4, 0.5) is 0 Å². The van der Waals surface area contributed by atoms with E-state index in [0.717, 1.165) is 0 Å². The Morgan fingerprint density at radius 1 is 1.30 bits per heavy atom. The molecule has 0 spiro atoms. The largest absolute Gasteiger partial charge is 0.635 e. The van der Waals surface area contributed by atoms with Gasteiger partial charge in [0.25, 0.3) is 5.91 Å². The number of carbonyl (C=O) groups excluding carboxylic acids is 2. The second-order valence-electron chi connectivity index (χ2n) is 5.31. The monoisotopic (exact) mass is 342 g/mol. The molecule has 23 heavy (non-hydrogen) atoms. The Hall–Kier alpha value is -1.61. The summed E-state index contributed by atoms with van der Waals surface area (Å²) in [7, 11) is -1.99. The molecule has 0 unspecified atom stereocenters. The SMILES string of the molecule is CC(C)C[C@H](NC(=O)CNC(=O)c1ccccc1Cl)OB(O)O. The quantitative estimate of drug-likeness (QED) is 0.407. The van der Waals surface area contributed by atoms with Crippen molar-refractivity contribution in [1.82, 2.24) is 10.6 Å². The molecule has 7 nitrogen and oxygen atoms in total. The van der Waals surface area contributed by atoms with E-state index in [9.17, 15) is 9.59 Å². The molecule has 1 atom stereocenters. The van der Waals surface area contributed by atoms with Crippen molar-refractivity contribution in [2.24, 2.45) is 5.92 Å². The Bertz CT molecular complexity index is 532. The highest BCUT2D eigenvalue weighted by molar-refractivity contribution is 6.34. The number of halogens is 1. The normalized spacial score (nSPS) is 11.9. The summed E-state index contributed by atoms with van der Waals surface area (Å²) in [5.41, 5.74) is 0.266. The molecule has 9 heteroatoms. The summed E-state index contributed by atoms with van der Waals surface area (Å²) in [5.74, 6) is -0.831. The summed E-state index contributed by atoms with van der Waals surface area (Å²) in [6.07, 6.45) is -0.471. The fraction of sp³-hybridized carbons (Fsp3) is 0.429. The number of carbonyl (C=O) groups is 2. The number of amides is 2. The topological polar surface area (TPSA) is 108 Å². The Morgan fingerprint density at radius 2 is 1.96 bits per heavy atom. The zero-order valence-electron chi connectivity index (χ0n) is 13.0. The first-order chi connectivity index (χ1) is 10.8. The summed E-state index contributed by atoms with van der Waals surface area (Å²) in [5, 5.41) is 22.9. The molecule has 0 saturated heterocycles. The zero-order valence-corrected chi connectivity index (χ0v) is 13.7. The van der Waals surface area contributed by atoms with E-state index in [1.807, 2.05) is 13.8 Å². The molecule has 0 radical (unpaired) electrons. The van der Waals surface area contributed by atoms with Crippen LogP contribution in [-0.2, 0) is 9.45 Å². The molecule has 4 N–H and O–H groups in total. The number of nitrogens with one attached hydrogen (secondary N) is 2. The van der Waals surface area contributed by atoms with Crippen molar-refractivity contribution in [3.63, 3.8) is 0 Å². The maximum Gasteiger partial charge on any atom is 0.635 e. The van der Waals surface area contributed by atoms with E-state index >= 15 is 0 Å². The number of hydrogen-bond acceptors (Lipinski definition) is 5. The Morgan fingerprint density at radius 3 is 2.52 bits per heavy atom. The van der Waals surface area contributed by atoms with E-state index in [1.54, 1.807) is 24.3 Å². The lowest BCUT2D eigenvalue weighted by molar-refractivity contribution is -0.123. The van der Waals surface area contributed by atoms with Crippen LogP contribution in [0.25, 0.3) is 0 Å². The molecule has 126 valence electrons. The summed E-state index contributed by atoms with van der Waals surface area (Å²) in [6.45, 7) is 3.50. The molecular weight excluding hydrogens is 322 g/mol. The predicted molar refractivity (Wildman–Crippen MR) is 86.4 cm³/mol. The van der Waals surface area contributed by atoms with E-state index in [1.165, 1.54) is 0 Å². The van der Waals surface area contributed by atoms with Crippen LogP contribution >= 0.6 is 11.6 Å². The van der Waals surface area contributed by atoms with Gasteiger partial charge in [-0.15, -0.1) is 0 Å². The van der Waals surface area contributed by atoms with Crippen molar-refractivity contribution < 1.29 is 24.3 Å². The van der Waals surface area contributed by atoms with E-state index < -0.39 is 25.4 Å². The second kappa shape index (κ2) is 9.52. The minimum absolute atomic E-state index is 0.164. The molecule has 1 rings (SSSR count). The highest BCUT2D eigenvalue weighted by atomic mass is 35.5. The lowest BCUT2D eigenvalue weighted by Crippen LogP contribution is -2.45. The van der Waals surface area contributed by atoms with Gasteiger partial charge in [0.2, 0.25) is 5.91 Å². The Kier molecular flexibility index (Phi) is 8.04. The minimum Gasteiger partial charge on any atom is -0.402 e. The van der Waals surface area contributed by atoms with Crippen molar-refractivity contribution >= 4 is 30.7 Å². The number of rotatable bonds is 8. The van der Waals surface area contributed by atoms with Crippen LogP contribution in [0.2, 0.25) is 5.02 Å². The van der Waals surface area contributed by atoms with Gasteiger partial charge in [0.05, 0.1) is 17.1 Å². The molecule has 0 heterocycles. The van der Waals surface area contributed by atoms with Crippen molar-refractivity contribution in [2.45, 2.75) is 26.5 Å². The van der Waals surface area contributed by atoms with Crippen molar-refractivity contribution in [3.05, 3.63) is 34.9 Å². The minimum atomic E-state index is -1.99. The van der Waals surface area contributed by atoms with Crippen molar-refractivity contribution in [3.8, 4) is 0 Å². The van der Waals surface area contributed by atoms with Gasteiger partial charge < -0.3 is 25.3 Å². The van der Waals surface area contributed by atoms with E-state index in [4.69, 9.17) is 26.3 Å². The van der Waals surface area contributed by atoms with Crippen LogP contribution in [0, 0.1) is 5.92 Å². The maximum absolute atomic E-state index is 11.9. The smallest absolute Gasteiger partial charge is 0.402 e. The molecule has 2 amide bonds. The first kappa shape index (κ1) is 19.4. The van der Waals surface area contributed by atoms with Crippen LogP contribution in [-0.4, -0.2) is 42.0 Å². The average Bonchev–Trinajstić information content (AvgIpc) is 2.43. The van der Waals surface area contributed by atoms with Gasteiger partial charge in [-0.2, -0.15) is 0 Å². The van der Waals surface area contributed by atoms with Crippen LogP contribution < -0.4 is 10.6 Å². The average molecular weight is 343 g/mol. The third-order valence-electron chi connectivity index (χ3n) is 2.82. The van der Waals surface area contributed by atoms with E-state index in [2.05, 4.69) is 10.6 Å². The molecule has 0 bridgehead atoms. The van der Waals surface area contributed by atoms with Crippen LogP contribution in [0.5, 0.6) is 0 Å². The highest BCUT2D eigenvalue weighted by Gasteiger charge is 2.21. The third kappa shape index (κ3) is 7.47. The van der Waals surface area contributed by atoms with Gasteiger partial charge in [-0.3, -0.25) is 9.59 Å². The molecule has 0 fully saturated rings. The van der Waals surface area contributed by atoms with E-state index in [0.29, 0.717) is 6.42 Å². The van der Waals surface area contributed by atoms with Gasteiger partial charge in [-0.05, 0) is 24.5 Å². The summed E-state index contributed by atoms with van der Waals surface area (Å²) < 4.78 is 4.79. The summed E-state index contributed by atoms with van der Waals surface area (Å²) in [6, 6.07) is 6.48. The van der Waals surface area contributed by atoms with Crippen molar-refractivity contribution in [2.75, 3.05) is 6.54 Å². The van der Waals surface area contributed by atoms with Crippen molar-refractivity contribution in [1.29, 1.82) is 0 Å². The lowest BCUT2D eigenvalue weighted by Gasteiger charge is -2.21. The Balaban J connectivity index is 2.51. The molecule has 0 aliphatic heterocycles. The number of hydrogen-bond donors (Lipinski definition) is 4. The zero-order chi connectivity index (χ0) is 17.4. The molecule has 0 aliphatic rings. The first-order valence-corrected chi connectivity index (χ1v) is 7.51. The van der Waals surface area contributed by atoms with E-state index in [-0.39, 0.29) is 23.0 Å². The highest BCUT2D eigenvalue weighted by Crippen LogP contribution is 2.14. The third-order valence-corrected chi connectivity index (χ3v) is 3.15. The molecule has 1 aromatic rings. The molecule has 1 aromatic carbocycles. The molecule has 0 saturated carbocycles. The first-order valence-electron chi connectivity index (χ1n) is 7.13. The standard InChI is InChI=1S/C14H20BClN2O5/c1-9(2)7-13(23-15(21)22)18-12(19)8-17-14(20)10-5-3-4-6-11(10)16/h3-6,9,13,21-22H,7-8H2,1-2H3,(H,17,20)(H,18,19)/t13-/m1/s1. The van der Waals surface area contributed by atoms with Crippen LogP contribution in [0.15, 0.2) is 24.3 Å². The van der Waals surface area contributed by atoms with Gasteiger partial charge in [-0.25, -0.2) is 0 Å². The maximum atomic E-state index is 11.9. The van der Waals surface area contributed by atoms with Crippen LogP contribution in [0.3, 0.4) is 0 Å². The number of benzene rings is 1. The molecule has 0 aliphatic carbocycles. The van der Waals surface area contributed by atoms with Gasteiger partial charge in [-0.1, -0.05) is 37.6 Å². The van der Waals surface area contributed by atoms with Crippen LogP contribution in [0.1, 0.15) is 30.6 Å². The molecule has 0 aromatic heterocycles.